The van der Waals surface area contributed by atoms with E-state index in [0.29, 0.717) is 0 Å². The zero-order valence-corrected chi connectivity index (χ0v) is 26.2. The van der Waals surface area contributed by atoms with Crippen LogP contribution in [0.2, 0.25) is 39.3 Å². The van der Waals surface area contributed by atoms with Gasteiger partial charge in [0.05, 0.1) is 16.1 Å². The number of hydrogen-bond donors (Lipinski definition) is 0. The SMILES string of the molecule is C1=CC2[CH-]CCC2C=C1.C[N-]C.C[N-]C.C[N-]C.C[Si](C)(C)C=CC=C[Si](C)(C)C.[Ti+4]. The van der Waals surface area contributed by atoms with Gasteiger partial charge in [0.25, 0.3) is 0 Å². The fraction of sp³-hybridized carbons (Fsp3) is 0.640. The minimum atomic E-state index is -0.970. The van der Waals surface area contributed by atoms with Crippen LogP contribution in [-0.2, 0) is 21.7 Å². The maximum absolute atomic E-state index is 3.50. The van der Waals surface area contributed by atoms with E-state index in [2.05, 4.69) is 110 Å². The summed E-state index contributed by atoms with van der Waals surface area (Å²) in [4.78, 5) is 0. The molecule has 0 N–H and O–H groups in total. The fourth-order valence-corrected chi connectivity index (χ4v) is 3.76. The normalized spacial score (nSPS) is 18.8. The summed E-state index contributed by atoms with van der Waals surface area (Å²) >= 11 is 0. The second-order valence-corrected chi connectivity index (χ2v) is 19.7. The predicted octanol–water partition coefficient (Wildman–Crippen LogP) is 8.05. The van der Waals surface area contributed by atoms with Crippen molar-refractivity contribution in [2.24, 2.45) is 11.8 Å². The maximum atomic E-state index is 3.50. The summed E-state index contributed by atoms with van der Waals surface area (Å²) in [5, 5.41) is 10.5. The van der Waals surface area contributed by atoms with Gasteiger partial charge >= 0.3 is 21.7 Å². The molecule has 0 heterocycles. The van der Waals surface area contributed by atoms with Crippen LogP contribution in [0.5, 0.6) is 0 Å². The zero-order valence-electron chi connectivity index (χ0n) is 22.6. The Morgan fingerprint density at radius 1 is 0.710 bits per heavy atom. The van der Waals surface area contributed by atoms with Crippen molar-refractivity contribution in [2.75, 3.05) is 42.3 Å². The van der Waals surface area contributed by atoms with Crippen molar-refractivity contribution in [2.45, 2.75) is 52.1 Å². The van der Waals surface area contributed by atoms with Crippen LogP contribution in [0.25, 0.3) is 16.0 Å². The molecule has 6 heteroatoms. The van der Waals surface area contributed by atoms with E-state index >= 15 is 0 Å². The van der Waals surface area contributed by atoms with Crippen molar-refractivity contribution in [1.82, 2.24) is 0 Å². The average molecular weight is 498 g/mol. The smallest absolute Gasteiger partial charge is 0.668 e. The van der Waals surface area contributed by atoms with Crippen molar-refractivity contribution >= 4 is 16.1 Å². The molecule has 2 unspecified atom stereocenters. The van der Waals surface area contributed by atoms with Gasteiger partial charge in [-0.25, -0.2) is 0 Å². The van der Waals surface area contributed by atoms with E-state index in [1.54, 1.807) is 42.3 Å². The summed E-state index contributed by atoms with van der Waals surface area (Å²) in [5.41, 5.74) is 4.76. The molecule has 0 aromatic carbocycles. The Kier molecular flexibility index (Phi) is 30.4. The molecule has 2 aliphatic rings. The molecule has 0 spiro atoms. The molecule has 3 nitrogen and oxygen atoms in total. The molecule has 178 valence electrons. The zero-order chi connectivity index (χ0) is 24.1. The summed E-state index contributed by atoms with van der Waals surface area (Å²) in [6, 6.07) is 0. The molecule has 0 bridgehead atoms. The molecule has 0 amide bonds. The fourth-order valence-electron chi connectivity index (χ4n) is 2.38. The number of nitrogens with zero attached hydrogens (tertiary/aromatic N) is 3. The maximum Gasteiger partial charge on any atom is 4.00 e. The van der Waals surface area contributed by atoms with Crippen molar-refractivity contribution < 1.29 is 21.7 Å². The van der Waals surface area contributed by atoms with E-state index in [9.17, 15) is 0 Å². The minimum Gasteiger partial charge on any atom is -0.668 e. The average Bonchev–Trinajstić information content (AvgIpc) is 3.09. The Bertz CT molecular complexity index is 431. The van der Waals surface area contributed by atoms with Gasteiger partial charge in [0, 0.05) is 0 Å². The van der Waals surface area contributed by atoms with Gasteiger partial charge in [0.1, 0.15) is 0 Å². The quantitative estimate of drug-likeness (QED) is 0.215. The minimum absolute atomic E-state index is 0. The second-order valence-electron chi connectivity index (χ2n) is 9.62. The van der Waals surface area contributed by atoms with Crippen LogP contribution < -0.4 is 0 Å². The number of allylic oxidation sites excluding steroid dienone is 6. The molecule has 2 atom stereocenters. The number of hydrogen-bond acceptors (Lipinski definition) is 0. The van der Waals surface area contributed by atoms with Gasteiger partial charge in [-0.1, -0.05) is 87.5 Å². The van der Waals surface area contributed by atoms with Gasteiger partial charge in [0.2, 0.25) is 0 Å². The first kappa shape index (κ1) is 38.3. The van der Waals surface area contributed by atoms with Gasteiger partial charge < -0.3 is 22.4 Å². The molecule has 1 fully saturated rings. The summed E-state index contributed by atoms with van der Waals surface area (Å²) in [5.74, 6) is 1.62. The van der Waals surface area contributed by atoms with Crippen LogP contribution in [-0.4, -0.2) is 58.4 Å². The first-order valence-electron chi connectivity index (χ1n) is 10.9. The van der Waals surface area contributed by atoms with Crippen molar-refractivity contribution in [1.29, 1.82) is 0 Å². The molecule has 2 rings (SSSR count). The standard InChI is InChI=1S/C10H22Si2.C9H11.3C2H6N.Ti/c1-11(2,3)9-7-8-10-12(4,5)6;1-2-5-9-7-3-6-8(9)4-1;3*1-3-2;/h7-10H,1-6H3;1-2,4-6,8-9H,3,7H2;3*1-2H3;/q;4*-1;+4. The third-order valence-corrected chi connectivity index (χ3v) is 5.92. The molecule has 31 heavy (non-hydrogen) atoms. The second kappa shape index (κ2) is 24.6. The van der Waals surface area contributed by atoms with E-state index in [0.717, 1.165) is 11.8 Å². The number of rotatable bonds is 3. The van der Waals surface area contributed by atoms with E-state index in [4.69, 9.17) is 0 Å². The number of fused-ring (bicyclic) bond motifs is 1. The summed E-state index contributed by atoms with van der Waals surface area (Å²) < 4.78 is 0. The molecule has 0 aromatic rings. The predicted molar refractivity (Wildman–Crippen MR) is 149 cm³/mol. The van der Waals surface area contributed by atoms with Crippen molar-refractivity contribution in [3.63, 3.8) is 0 Å². The first-order valence-corrected chi connectivity index (χ1v) is 18.1. The van der Waals surface area contributed by atoms with E-state index in [1.165, 1.54) is 12.8 Å². The van der Waals surface area contributed by atoms with Gasteiger partial charge in [-0.2, -0.15) is 48.7 Å². The van der Waals surface area contributed by atoms with Gasteiger partial charge in [-0.15, -0.1) is 12.0 Å². The molecule has 1 saturated carbocycles. The Labute approximate surface area is 213 Å². The Hall–Kier alpha value is -0.0119. The van der Waals surface area contributed by atoms with E-state index in [-0.39, 0.29) is 21.7 Å². The molecule has 0 radical (unpaired) electrons. The molecular weight excluding hydrogens is 446 g/mol. The Morgan fingerprint density at radius 2 is 1.06 bits per heavy atom. The van der Waals surface area contributed by atoms with E-state index < -0.39 is 16.1 Å². The van der Waals surface area contributed by atoms with Crippen LogP contribution in [0.1, 0.15) is 12.8 Å². The van der Waals surface area contributed by atoms with Crippen LogP contribution >= 0.6 is 0 Å². The monoisotopic (exact) mass is 497 g/mol. The van der Waals surface area contributed by atoms with Gasteiger partial charge in [0.15, 0.2) is 0 Å². The third kappa shape index (κ3) is 34.8. The Morgan fingerprint density at radius 3 is 1.39 bits per heavy atom. The molecule has 0 aromatic heterocycles. The summed E-state index contributed by atoms with van der Waals surface area (Å²) in [7, 11) is 8.56. The van der Waals surface area contributed by atoms with Crippen molar-refractivity contribution in [3.8, 4) is 0 Å². The van der Waals surface area contributed by atoms with Crippen LogP contribution in [0.3, 0.4) is 0 Å². The van der Waals surface area contributed by atoms with Crippen LogP contribution in [0.15, 0.2) is 47.9 Å². The molecule has 0 aliphatic heterocycles. The largest absolute Gasteiger partial charge is 4.00 e. The van der Waals surface area contributed by atoms with Crippen LogP contribution in [0, 0.1) is 18.3 Å². The summed E-state index contributed by atoms with van der Waals surface area (Å²) in [6.07, 6.45) is 18.5. The summed E-state index contributed by atoms with van der Waals surface area (Å²) in [6.45, 7) is 14.1. The molecule has 0 saturated heterocycles. The van der Waals surface area contributed by atoms with Crippen LogP contribution in [0.4, 0.5) is 0 Å². The van der Waals surface area contributed by atoms with Gasteiger partial charge in [-0.05, 0) is 5.92 Å². The topological polar surface area (TPSA) is 42.3 Å². The molecular formula is C25H51N3Si2Ti. The van der Waals surface area contributed by atoms with Gasteiger partial charge in [-0.3, -0.25) is 0 Å². The van der Waals surface area contributed by atoms with Crippen molar-refractivity contribution in [3.05, 3.63) is 70.2 Å². The first-order chi connectivity index (χ1) is 13.9. The Balaban J connectivity index is -0.000000168. The van der Waals surface area contributed by atoms with E-state index in [1.807, 2.05) is 0 Å². The molecule has 2 aliphatic carbocycles. The third-order valence-electron chi connectivity index (χ3n) is 3.54.